The summed E-state index contributed by atoms with van der Waals surface area (Å²) in [4.78, 5) is 39.1. The van der Waals surface area contributed by atoms with Crippen LogP contribution in [0.1, 0.15) is 17.3 Å². The minimum atomic E-state index is -0.368. The molecule has 0 unspecified atom stereocenters. The van der Waals surface area contributed by atoms with Gasteiger partial charge in [-0.15, -0.1) is 0 Å². The van der Waals surface area contributed by atoms with Crippen LogP contribution in [0.3, 0.4) is 0 Å². The van der Waals surface area contributed by atoms with Crippen molar-refractivity contribution in [2.45, 2.75) is 6.92 Å². The number of carbonyl (C=O) groups excluding carboxylic acids is 3. The second-order valence-corrected chi connectivity index (χ2v) is 6.67. The van der Waals surface area contributed by atoms with Crippen molar-refractivity contribution >= 4 is 23.4 Å². The van der Waals surface area contributed by atoms with Crippen molar-refractivity contribution in [3.63, 3.8) is 0 Å². The zero-order chi connectivity index (χ0) is 20.8. The number of carbonyl (C=O) groups is 3. The molecule has 1 heterocycles. The number of hydrogen-bond acceptors (Lipinski definition) is 4. The topological polar surface area (TPSA) is 79.0 Å². The van der Waals surface area contributed by atoms with Crippen LogP contribution < -0.4 is 10.1 Å². The number of amides is 3. The molecule has 0 saturated carbocycles. The molecule has 1 N–H and O–H groups in total. The first-order chi connectivity index (χ1) is 13.9. The molecule has 1 aliphatic rings. The van der Waals surface area contributed by atoms with Gasteiger partial charge in [0.15, 0.2) is 12.4 Å². The molecule has 3 amide bonds. The van der Waals surface area contributed by atoms with Crippen LogP contribution in [0, 0.1) is 5.82 Å². The van der Waals surface area contributed by atoms with E-state index in [0.717, 1.165) is 0 Å². The zero-order valence-corrected chi connectivity index (χ0v) is 16.1. The lowest BCUT2D eigenvalue weighted by Gasteiger charge is -2.34. The lowest BCUT2D eigenvalue weighted by molar-refractivity contribution is -0.134. The Balaban J connectivity index is 1.43. The van der Waals surface area contributed by atoms with Crippen molar-refractivity contribution in [3.05, 3.63) is 59.9 Å². The van der Waals surface area contributed by atoms with Gasteiger partial charge in [-0.2, -0.15) is 0 Å². The van der Waals surface area contributed by atoms with Gasteiger partial charge in [0, 0.05) is 37.4 Å². The Bertz CT molecular complexity index is 876. The van der Waals surface area contributed by atoms with E-state index in [-0.39, 0.29) is 30.1 Å². The molecule has 8 heteroatoms. The van der Waals surface area contributed by atoms with E-state index >= 15 is 0 Å². The lowest BCUT2D eigenvalue weighted by atomic mass is 10.1. The highest BCUT2D eigenvalue weighted by molar-refractivity contribution is 5.94. The molecule has 1 fully saturated rings. The smallest absolute Gasteiger partial charge is 0.321 e. The highest BCUT2D eigenvalue weighted by Crippen LogP contribution is 2.14. The third-order valence-corrected chi connectivity index (χ3v) is 4.64. The second kappa shape index (κ2) is 9.18. The summed E-state index contributed by atoms with van der Waals surface area (Å²) in [6, 6.07) is 11.9. The molecule has 0 atom stereocenters. The average Bonchev–Trinajstić information content (AvgIpc) is 2.74. The zero-order valence-electron chi connectivity index (χ0n) is 16.1. The van der Waals surface area contributed by atoms with Gasteiger partial charge in [-0.3, -0.25) is 9.59 Å². The maximum atomic E-state index is 12.9. The van der Waals surface area contributed by atoms with Crippen molar-refractivity contribution in [3.8, 4) is 5.75 Å². The molecule has 7 nitrogen and oxygen atoms in total. The van der Waals surface area contributed by atoms with Gasteiger partial charge in [-0.05, 0) is 55.5 Å². The van der Waals surface area contributed by atoms with Crippen LogP contribution in [-0.4, -0.2) is 60.3 Å². The van der Waals surface area contributed by atoms with Gasteiger partial charge in [-0.1, -0.05) is 0 Å². The number of nitrogens with zero attached hydrogens (tertiary/aromatic N) is 2. The summed E-state index contributed by atoms with van der Waals surface area (Å²) in [5, 5.41) is 2.71. The van der Waals surface area contributed by atoms with Crippen molar-refractivity contribution < 1.29 is 23.5 Å². The van der Waals surface area contributed by atoms with E-state index in [1.807, 2.05) is 0 Å². The van der Waals surface area contributed by atoms with Crippen molar-refractivity contribution in [1.29, 1.82) is 0 Å². The molecular weight excluding hydrogens is 377 g/mol. The molecule has 0 radical (unpaired) electrons. The summed E-state index contributed by atoms with van der Waals surface area (Å²) in [6.07, 6.45) is 0. The van der Waals surface area contributed by atoms with Gasteiger partial charge in [0.25, 0.3) is 5.91 Å². The van der Waals surface area contributed by atoms with Crippen LogP contribution in [0.25, 0.3) is 0 Å². The molecule has 3 rings (SSSR count). The van der Waals surface area contributed by atoms with Crippen LogP contribution >= 0.6 is 0 Å². The molecule has 1 saturated heterocycles. The number of benzene rings is 2. The number of urea groups is 1. The minimum absolute atomic E-state index is 0.0334. The van der Waals surface area contributed by atoms with Gasteiger partial charge in [0.05, 0.1) is 0 Å². The fourth-order valence-corrected chi connectivity index (χ4v) is 2.92. The summed E-state index contributed by atoms with van der Waals surface area (Å²) in [5.41, 5.74) is 1.10. The highest BCUT2D eigenvalue weighted by atomic mass is 19.1. The van der Waals surface area contributed by atoms with E-state index in [2.05, 4.69) is 5.32 Å². The maximum absolute atomic E-state index is 12.9. The number of halogens is 1. The quantitative estimate of drug-likeness (QED) is 0.785. The number of Topliss-reactive ketones (excluding diaryl/α,β-unsaturated/α-hetero) is 1. The summed E-state index contributed by atoms with van der Waals surface area (Å²) >= 11 is 0. The van der Waals surface area contributed by atoms with E-state index in [1.165, 1.54) is 31.2 Å². The van der Waals surface area contributed by atoms with E-state index in [0.29, 0.717) is 43.2 Å². The minimum Gasteiger partial charge on any atom is -0.484 e. The Labute approximate surface area is 168 Å². The summed E-state index contributed by atoms with van der Waals surface area (Å²) in [5.74, 6) is -0.0546. The maximum Gasteiger partial charge on any atom is 0.321 e. The number of hydrogen-bond donors (Lipinski definition) is 1. The van der Waals surface area contributed by atoms with Crippen molar-refractivity contribution in [2.24, 2.45) is 0 Å². The fraction of sp³-hybridized carbons (Fsp3) is 0.286. The van der Waals surface area contributed by atoms with E-state index < -0.39 is 0 Å². The summed E-state index contributed by atoms with van der Waals surface area (Å²) < 4.78 is 18.4. The molecule has 0 bridgehead atoms. The van der Waals surface area contributed by atoms with E-state index in [1.54, 1.807) is 34.1 Å². The first kappa shape index (κ1) is 20.3. The number of nitrogens with one attached hydrogen (secondary N) is 1. The van der Waals surface area contributed by atoms with Gasteiger partial charge in [-0.25, -0.2) is 9.18 Å². The molecule has 0 aliphatic carbocycles. The Morgan fingerprint density at radius 1 is 0.931 bits per heavy atom. The number of ether oxygens (including phenoxy) is 1. The molecule has 29 heavy (non-hydrogen) atoms. The number of ketones is 1. The predicted molar refractivity (Wildman–Crippen MR) is 106 cm³/mol. The Morgan fingerprint density at radius 2 is 1.52 bits per heavy atom. The van der Waals surface area contributed by atoms with Crippen molar-refractivity contribution in [2.75, 3.05) is 38.1 Å². The molecule has 0 spiro atoms. The van der Waals surface area contributed by atoms with Gasteiger partial charge < -0.3 is 19.9 Å². The normalized spacial score (nSPS) is 13.7. The molecule has 2 aromatic carbocycles. The van der Waals surface area contributed by atoms with Gasteiger partial charge in [0.2, 0.25) is 0 Å². The van der Waals surface area contributed by atoms with Gasteiger partial charge >= 0.3 is 6.03 Å². The van der Waals surface area contributed by atoms with E-state index in [9.17, 15) is 18.8 Å². The molecule has 152 valence electrons. The number of piperazine rings is 1. The Kier molecular flexibility index (Phi) is 6.43. The summed E-state index contributed by atoms with van der Waals surface area (Å²) in [6.45, 7) is 2.98. The van der Waals surface area contributed by atoms with Crippen LogP contribution in [0.5, 0.6) is 5.75 Å². The van der Waals surface area contributed by atoms with E-state index in [4.69, 9.17) is 4.74 Å². The average molecular weight is 399 g/mol. The number of rotatable bonds is 5. The van der Waals surface area contributed by atoms with Crippen LogP contribution in [0.15, 0.2) is 48.5 Å². The predicted octanol–water partition coefficient (Wildman–Crippen LogP) is 2.78. The SMILES string of the molecule is CC(=O)c1ccc(OCC(=O)N2CCN(C(=O)Nc3ccc(F)cc3)CC2)cc1. The summed E-state index contributed by atoms with van der Waals surface area (Å²) in [7, 11) is 0. The van der Waals surface area contributed by atoms with Gasteiger partial charge in [0.1, 0.15) is 11.6 Å². The lowest BCUT2D eigenvalue weighted by Crippen LogP contribution is -2.52. The third kappa shape index (κ3) is 5.54. The van der Waals surface area contributed by atoms with Crippen LogP contribution in [0.4, 0.5) is 14.9 Å². The Hall–Kier alpha value is -3.42. The largest absolute Gasteiger partial charge is 0.484 e. The molecule has 2 aromatic rings. The first-order valence-corrected chi connectivity index (χ1v) is 9.25. The highest BCUT2D eigenvalue weighted by Gasteiger charge is 2.24. The molecular formula is C21H22FN3O4. The second-order valence-electron chi connectivity index (χ2n) is 6.67. The van der Waals surface area contributed by atoms with Crippen LogP contribution in [-0.2, 0) is 4.79 Å². The monoisotopic (exact) mass is 399 g/mol. The third-order valence-electron chi connectivity index (χ3n) is 4.64. The molecule has 0 aromatic heterocycles. The van der Waals surface area contributed by atoms with Crippen molar-refractivity contribution in [1.82, 2.24) is 9.80 Å². The first-order valence-electron chi connectivity index (χ1n) is 9.25. The molecule has 1 aliphatic heterocycles. The number of anilines is 1. The fourth-order valence-electron chi connectivity index (χ4n) is 2.92. The standard InChI is InChI=1S/C21H22FN3O4/c1-15(26)16-2-8-19(9-3-16)29-14-20(27)24-10-12-25(13-11-24)21(28)23-18-6-4-17(22)5-7-18/h2-9H,10-14H2,1H3,(H,23,28). The Morgan fingerprint density at radius 3 is 2.10 bits per heavy atom. The van der Waals surface area contributed by atoms with Crippen LogP contribution in [0.2, 0.25) is 0 Å².